The van der Waals surface area contributed by atoms with E-state index >= 15 is 0 Å². The molecule has 27 heavy (non-hydrogen) atoms. The number of aromatic nitrogens is 2. The Labute approximate surface area is 158 Å². The molecule has 1 aromatic heterocycles. The number of likely N-dealkylation sites (N-methyl/N-ethyl adjacent to an activating group) is 1. The first-order valence-corrected chi connectivity index (χ1v) is 8.96. The van der Waals surface area contributed by atoms with Gasteiger partial charge < -0.3 is 24.2 Å². The maximum Gasteiger partial charge on any atom is 0.358 e. The van der Waals surface area contributed by atoms with Crippen molar-refractivity contribution < 1.29 is 24.1 Å². The van der Waals surface area contributed by atoms with Gasteiger partial charge in [-0.3, -0.25) is 4.98 Å². The molecule has 0 radical (unpaired) electrons. The van der Waals surface area contributed by atoms with E-state index in [2.05, 4.69) is 9.97 Å². The number of fused-ring (bicyclic) bond motifs is 1. The van der Waals surface area contributed by atoms with Gasteiger partial charge in [-0.2, -0.15) is 0 Å². The minimum atomic E-state index is -0.566. The molecule has 1 N–H and O–H groups in total. The molecule has 2 aromatic rings. The number of aliphatic hydroxyl groups excluding tert-OH is 1. The maximum atomic E-state index is 12.1. The smallest absolute Gasteiger partial charge is 0.358 e. The van der Waals surface area contributed by atoms with Crippen molar-refractivity contribution in [2.45, 2.75) is 37.9 Å². The molecule has 146 valence electrons. The molecular weight excluding hydrogens is 350 g/mol. The predicted molar refractivity (Wildman–Crippen MR) is 98.2 cm³/mol. The lowest BCUT2D eigenvalue weighted by Crippen LogP contribution is -2.53. The van der Waals surface area contributed by atoms with Gasteiger partial charge in [0.25, 0.3) is 0 Å². The zero-order valence-electron chi connectivity index (χ0n) is 15.7. The summed E-state index contributed by atoms with van der Waals surface area (Å²) in [6.07, 6.45) is 0.606. The molecule has 0 saturated carbocycles. The van der Waals surface area contributed by atoms with E-state index in [-0.39, 0.29) is 31.1 Å². The van der Waals surface area contributed by atoms with Crippen molar-refractivity contribution in [1.29, 1.82) is 0 Å². The van der Waals surface area contributed by atoms with Crippen LogP contribution in [0.2, 0.25) is 0 Å². The third-order valence-corrected chi connectivity index (χ3v) is 4.62. The van der Waals surface area contributed by atoms with E-state index in [0.717, 1.165) is 5.52 Å². The van der Waals surface area contributed by atoms with E-state index in [1.54, 1.807) is 6.07 Å². The Bertz CT molecular complexity index is 785. The first-order chi connectivity index (χ1) is 13.0. The van der Waals surface area contributed by atoms with Crippen LogP contribution >= 0.6 is 0 Å². The van der Waals surface area contributed by atoms with E-state index in [0.29, 0.717) is 11.9 Å². The zero-order valence-corrected chi connectivity index (χ0v) is 15.7. The highest BCUT2D eigenvalue weighted by Crippen LogP contribution is 2.23. The molecule has 8 heteroatoms. The normalized spacial score (nSPS) is 25.7. The Morgan fingerprint density at radius 2 is 2.04 bits per heavy atom. The molecule has 1 aliphatic heterocycles. The Hall–Kier alpha value is -2.13. The molecule has 0 aliphatic carbocycles. The Kier molecular flexibility index (Phi) is 6.33. The quantitative estimate of drug-likeness (QED) is 0.595. The number of rotatable bonds is 6. The maximum absolute atomic E-state index is 12.1. The largest absolute Gasteiger partial charge is 0.458 e. The molecule has 1 aromatic carbocycles. The number of esters is 1. The zero-order chi connectivity index (χ0) is 19.4. The number of carbonyl (C=O) groups excluding carboxylic acids is 1. The third kappa shape index (κ3) is 4.78. The van der Waals surface area contributed by atoms with Crippen LogP contribution in [0.25, 0.3) is 11.0 Å². The lowest BCUT2D eigenvalue weighted by atomic mass is 9.99. The second kappa shape index (κ2) is 8.71. The van der Waals surface area contributed by atoms with Crippen molar-refractivity contribution in [2.75, 3.05) is 27.3 Å². The van der Waals surface area contributed by atoms with Crippen molar-refractivity contribution in [1.82, 2.24) is 14.9 Å². The second-order valence-corrected chi connectivity index (χ2v) is 6.78. The number of hydrogen-bond donors (Lipinski definition) is 1. The lowest BCUT2D eigenvalue weighted by molar-refractivity contribution is -0.236. The Morgan fingerprint density at radius 3 is 2.78 bits per heavy atom. The molecule has 1 saturated heterocycles. The standard InChI is InChI=1S/C19H25N3O5/c1-12-18(23)16(22(2)3)10-17(27-12)25-8-9-26-19(24)15-11-20-13-6-4-5-7-14(13)21-15/h4-7,11-12,16-18,23H,8-10H2,1-3H3/t12-,16-,17?,18-/m1/s1. The summed E-state index contributed by atoms with van der Waals surface area (Å²) in [7, 11) is 3.82. The van der Waals surface area contributed by atoms with Gasteiger partial charge in [-0.05, 0) is 33.2 Å². The van der Waals surface area contributed by atoms with Crippen LogP contribution in [0.4, 0.5) is 0 Å². The number of benzene rings is 1. The van der Waals surface area contributed by atoms with Gasteiger partial charge in [-0.15, -0.1) is 0 Å². The third-order valence-electron chi connectivity index (χ3n) is 4.62. The topological polar surface area (TPSA) is 94.0 Å². The van der Waals surface area contributed by atoms with Crippen LogP contribution < -0.4 is 0 Å². The summed E-state index contributed by atoms with van der Waals surface area (Å²) in [5.41, 5.74) is 1.52. The predicted octanol–water partition coefficient (Wildman–Crippen LogP) is 1.23. The summed E-state index contributed by atoms with van der Waals surface area (Å²) in [5.74, 6) is -0.545. The summed E-state index contributed by atoms with van der Waals surface area (Å²) in [4.78, 5) is 22.5. The molecule has 1 aliphatic rings. The van der Waals surface area contributed by atoms with E-state index in [9.17, 15) is 9.90 Å². The summed E-state index contributed by atoms with van der Waals surface area (Å²) < 4.78 is 16.5. The Morgan fingerprint density at radius 1 is 1.30 bits per heavy atom. The average Bonchev–Trinajstić information content (AvgIpc) is 2.66. The van der Waals surface area contributed by atoms with Gasteiger partial charge in [0.15, 0.2) is 12.0 Å². The molecule has 1 fully saturated rings. The fourth-order valence-electron chi connectivity index (χ4n) is 3.09. The summed E-state index contributed by atoms with van der Waals surface area (Å²) in [6.45, 7) is 2.09. The van der Waals surface area contributed by atoms with Crippen LogP contribution in [0.5, 0.6) is 0 Å². The highest BCUT2D eigenvalue weighted by atomic mass is 16.7. The van der Waals surface area contributed by atoms with Gasteiger partial charge in [0.2, 0.25) is 0 Å². The molecule has 8 nitrogen and oxygen atoms in total. The van der Waals surface area contributed by atoms with Crippen LogP contribution in [0.15, 0.2) is 30.5 Å². The number of ether oxygens (including phenoxy) is 3. The number of aliphatic hydroxyl groups is 1. The minimum absolute atomic E-state index is 0.0471. The molecule has 2 heterocycles. The molecule has 3 rings (SSSR count). The van der Waals surface area contributed by atoms with Gasteiger partial charge in [-0.25, -0.2) is 9.78 Å². The van der Waals surface area contributed by atoms with Crippen LogP contribution in [-0.4, -0.2) is 77.8 Å². The van der Waals surface area contributed by atoms with Gasteiger partial charge >= 0.3 is 5.97 Å². The number of hydrogen-bond acceptors (Lipinski definition) is 8. The SMILES string of the molecule is C[C@H]1OC(OCCOC(=O)c2cnc3ccccc3n2)C[C@@H](N(C)C)[C@@H]1O. The Balaban J connectivity index is 1.47. The fourth-order valence-corrected chi connectivity index (χ4v) is 3.09. The first-order valence-electron chi connectivity index (χ1n) is 8.96. The van der Waals surface area contributed by atoms with Crippen LogP contribution in [0.1, 0.15) is 23.8 Å². The van der Waals surface area contributed by atoms with Gasteiger partial charge in [-0.1, -0.05) is 12.1 Å². The molecule has 1 unspecified atom stereocenters. The van der Waals surface area contributed by atoms with E-state index < -0.39 is 18.4 Å². The number of carbonyl (C=O) groups is 1. The molecule has 0 spiro atoms. The van der Waals surface area contributed by atoms with Crippen molar-refractivity contribution in [3.63, 3.8) is 0 Å². The number of nitrogens with zero attached hydrogens (tertiary/aromatic N) is 3. The van der Waals surface area contributed by atoms with Crippen LogP contribution in [-0.2, 0) is 14.2 Å². The van der Waals surface area contributed by atoms with E-state index in [4.69, 9.17) is 14.2 Å². The van der Waals surface area contributed by atoms with Crippen molar-refractivity contribution >= 4 is 17.0 Å². The van der Waals surface area contributed by atoms with Crippen LogP contribution in [0.3, 0.4) is 0 Å². The van der Waals surface area contributed by atoms with Crippen molar-refractivity contribution in [3.05, 3.63) is 36.2 Å². The van der Waals surface area contributed by atoms with Crippen molar-refractivity contribution in [3.8, 4) is 0 Å². The average molecular weight is 375 g/mol. The molecule has 0 bridgehead atoms. The van der Waals surface area contributed by atoms with Crippen LogP contribution in [0, 0.1) is 0 Å². The second-order valence-electron chi connectivity index (χ2n) is 6.78. The highest BCUT2D eigenvalue weighted by Gasteiger charge is 2.36. The number of para-hydroxylation sites is 2. The summed E-state index contributed by atoms with van der Waals surface area (Å²) >= 11 is 0. The summed E-state index contributed by atoms with van der Waals surface area (Å²) in [6, 6.07) is 7.27. The minimum Gasteiger partial charge on any atom is -0.458 e. The van der Waals surface area contributed by atoms with Gasteiger partial charge in [0, 0.05) is 12.5 Å². The summed E-state index contributed by atoms with van der Waals surface area (Å²) in [5, 5.41) is 10.2. The molecular formula is C19H25N3O5. The highest BCUT2D eigenvalue weighted by molar-refractivity contribution is 5.89. The fraction of sp³-hybridized carbons (Fsp3) is 0.526. The molecule has 0 amide bonds. The van der Waals surface area contributed by atoms with Gasteiger partial charge in [0.05, 0.1) is 36.0 Å². The van der Waals surface area contributed by atoms with Gasteiger partial charge in [0.1, 0.15) is 6.61 Å². The monoisotopic (exact) mass is 375 g/mol. The first kappa shape index (κ1) is 19.6. The molecule has 4 atom stereocenters. The van der Waals surface area contributed by atoms with Crippen molar-refractivity contribution in [2.24, 2.45) is 0 Å². The van der Waals surface area contributed by atoms with E-state index in [1.165, 1.54) is 6.20 Å². The lowest BCUT2D eigenvalue weighted by Gasteiger charge is -2.40. The van der Waals surface area contributed by atoms with E-state index in [1.807, 2.05) is 44.1 Å².